The van der Waals surface area contributed by atoms with Crippen molar-refractivity contribution in [2.45, 2.75) is 12.5 Å². The third kappa shape index (κ3) is 10.5. The lowest BCUT2D eigenvalue weighted by Gasteiger charge is -2.23. The maximum Gasteiger partial charge on any atom is 0.320 e. The number of anilines is 2. The summed E-state index contributed by atoms with van der Waals surface area (Å²) in [6.07, 6.45) is 0. The van der Waals surface area contributed by atoms with Crippen LogP contribution < -0.4 is 26.6 Å². The Labute approximate surface area is 301 Å². The average molecular weight is 738 g/mol. The number of aliphatic imine (C=N–C) groups is 1. The number of halogens is 4. The molecule has 1 aliphatic rings. The summed E-state index contributed by atoms with van der Waals surface area (Å²) in [5, 5.41) is 13.1. The van der Waals surface area contributed by atoms with Crippen LogP contribution in [0.5, 0.6) is 0 Å². The minimum Gasteiger partial charge on any atom is -0.460 e. The number of benzene rings is 4. The van der Waals surface area contributed by atoms with E-state index in [0.717, 1.165) is 5.56 Å². The fourth-order valence-electron chi connectivity index (χ4n) is 4.83. The van der Waals surface area contributed by atoms with E-state index in [1.165, 1.54) is 12.1 Å². The number of rotatable bonds is 12. The molecule has 51 heavy (non-hydrogen) atoms. The number of esters is 1. The molecule has 1 atom stereocenters. The third-order valence-electron chi connectivity index (χ3n) is 7.51. The Balaban J connectivity index is 1.21. The van der Waals surface area contributed by atoms with E-state index >= 15 is 0 Å². The Bertz CT molecular complexity index is 1910. The Hall–Kier alpha value is -5.53. The molecule has 4 aromatic carbocycles. The van der Waals surface area contributed by atoms with Gasteiger partial charge in [-0.15, -0.1) is 0 Å². The summed E-state index contributed by atoms with van der Waals surface area (Å²) in [5.41, 5.74) is 2.89. The summed E-state index contributed by atoms with van der Waals surface area (Å²) in [6, 6.07) is 27.5. The van der Waals surface area contributed by atoms with Crippen molar-refractivity contribution in [2.75, 3.05) is 36.8 Å². The van der Waals surface area contributed by atoms with E-state index in [9.17, 15) is 28.0 Å². The Kier molecular flexibility index (Phi) is 12.2. The fourth-order valence-corrected chi connectivity index (χ4v) is 5.41. The van der Waals surface area contributed by atoms with Gasteiger partial charge in [0.1, 0.15) is 13.2 Å². The van der Waals surface area contributed by atoms with Gasteiger partial charge in [0.05, 0.1) is 28.8 Å². The van der Waals surface area contributed by atoms with Gasteiger partial charge in [0.2, 0.25) is 11.8 Å². The SMILES string of the molecule is O=C(CNC(=O)c1cccc(NC2=NCC(F)(F)CN2)c1)NC[C@@H](C(=O)Nc1c(Cl)cc(-c2ccccc2)cc1Cl)C(=O)OCc1ccccc1. The Morgan fingerprint density at radius 1 is 0.863 bits per heavy atom. The Morgan fingerprint density at radius 3 is 2.22 bits per heavy atom. The quantitative estimate of drug-likeness (QED) is 0.0951. The summed E-state index contributed by atoms with van der Waals surface area (Å²) in [5.74, 6) is -7.40. The molecule has 264 valence electrons. The second kappa shape index (κ2) is 16.9. The predicted octanol–water partition coefficient (Wildman–Crippen LogP) is 5.51. The van der Waals surface area contributed by atoms with Crippen molar-refractivity contribution in [3.63, 3.8) is 0 Å². The highest BCUT2D eigenvalue weighted by Gasteiger charge is 2.32. The molecule has 1 aliphatic heterocycles. The van der Waals surface area contributed by atoms with E-state index in [2.05, 4.69) is 31.6 Å². The van der Waals surface area contributed by atoms with Crippen molar-refractivity contribution >= 4 is 64.2 Å². The summed E-state index contributed by atoms with van der Waals surface area (Å²) in [4.78, 5) is 56.0. The lowest BCUT2D eigenvalue weighted by molar-refractivity contribution is -0.152. The third-order valence-corrected chi connectivity index (χ3v) is 8.10. The first kappa shape index (κ1) is 36.7. The van der Waals surface area contributed by atoms with Crippen molar-refractivity contribution in [1.82, 2.24) is 16.0 Å². The van der Waals surface area contributed by atoms with E-state index in [4.69, 9.17) is 27.9 Å². The second-order valence-corrected chi connectivity index (χ2v) is 12.2. The van der Waals surface area contributed by atoms with Crippen LogP contribution in [0.3, 0.4) is 0 Å². The first-order valence-corrected chi connectivity index (χ1v) is 16.4. The van der Waals surface area contributed by atoms with Crippen LogP contribution in [0.1, 0.15) is 15.9 Å². The molecule has 0 aromatic heterocycles. The lowest BCUT2D eigenvalue weighted by atomic mass is 10.0. The number of nitrogens with zero attached hydrogens (tertiary/aromatic N) is 1. The smallest absolute Gasteiger partial charge is 0.320 e. The largest absolute Gasteiger partial charge is 0.460 e. The van der Waals surface area contributed by atoms with Crippen LogP contribution in [0.25, 0.3) is 11.1 Å². The predicted molar refractivity (Wildman–Crippen MR) is 191 cm³/mol. The molecule has 0 fully saturated rings. The van der Waals surface area contributed by atoms with Crippen LogP contribution in [0.15, 0.2) is 102 Å². The molecule has 0 bridgehead atoms. The van der Waals surface area contributed by atoms with E-state index in [1.807, 2.05) is 30.3 Å². The zero-order valence-corrected chi connectivity index (χ0v) is 28.4. The van der Waals surface area contributed by atoms with Gasteiger partial charge in [-0.25, -0.2) is 13.8 Å². The summed E-state index contributed by atoms with van der Waals surface area (Å²) in [7, 11) is 0. The van der Waals surface area contributed by atoms with Crippen LogP contribution in [0, 0.1) is 5.92 Å². The number of carbonyl (C=O) groups is 4. The number of alkyl halides is 2. The van der Waals surface area contributed by atoms with Crippen LogP contribution in [-0.2, 0) is 25.7 Å². The van der Waals surface area contributed by atoms with Gasteiger partial charge >= 0.3 is 5.97 Å². The van der Waals surface area contributed by atoms with Crippen LogP contribution in [0.2, 0.25) is 10.0 Å². The van der Waals surface area contributed by atoms with E-state index < -0.39 is 61.7 Å². The minimum absolute atomic E-state index is 0.0727. The highest BCUT2D eigenvalue weighted by atomic mass is 35.5. The van der Waals surface area contributed by atoms with Gasteiger partial charge in [-0.05, 0) is 47.0 Å². The number of hydrogen-bond donors (Lipinski definition) is 5. The maximum atomic E-state index is 13.5. The molecular formula is C36H32Cl2F2N6O5. The molecule has 11 nitrogen and oxygen atoms in total. The zero-order chi connectivity index (χ0) is 36.4. The highest BCUT2D eigenvalue weighted by molar-refractivity contribution is 6.40. The number of hydrogen-bond acceptors (Lipinski definition) is 8. The molecule has 1 heterocycles. The first-order valence-electron chi connectivity index (χ1n) is 15.6. The Morgan fingerprint density at radius 2 is 1.55 bits per heavy atom. The molecule has 5 N–H and O–H groups in total. The number of guanidine groups is 1. The van der Waals surface area contributed by atoms with Gasteiger partial charge in [-0.3, -0.25) is 19.2 Å². The summed E-state index contributed by atoms with van der Waals surface area (Å²) < 4.78 is 32.1. The van der Waals surface area contributed by atoms with Gasteiger partial charge in [0.15, 0.2) is 11.9 Å². The highest BCUT2D eigenvalue weighted by Crippen LogP contribution is 2.36. The number of ether oxygens (including phenoxy) is 1. The molecule has 3 amide bonds. The topological polar surface area (TPSA) is 150 Å². The van der Waals surface area contributed by atoms with E-state index in [1.54, 1.807) is 54.6 Å². The standard InChI is InChI=1S/C36H32Cl2F2N6O5/c37-28-15-25(23-10-5-2-6-11-23)16-29(38)31(28)46-33(49)27(34(50)51-19-22-8-3-1-4-9-22)17-41-30(47)18-42-32(48)24-12-7-13-26(14-24)45-35-43-20-36(39,40)21-44-35/h1-16,27H,17-21H2,(H,41,47)(H,42,48)(H,46,49)(H2,43,44,45)/t27-/m0/s1. The number of carbonyl (C=O) groups excluding carboxylic acids is 4. The fraction of sp³-hybridized carbons (Fsp3) is 0.194. The summed E-state index contributed by atoms with van der Waals surface area (Å²) >= 11 is 13.0. The molecule has 0 saturated carbocycles. The lowest BCUT2D eigenvalue weighted by Crippen LogP contribution is -2.46. The maximum absolute atomic E-state index is 13.5. The van der Waals surface area contributed by atoms with Crippen molar-refractivity contribution < 1.29 is 32.7 Å². The van der Waals surface area contributed by atoms with Crippen molar-refractivity contribution in [3.8, 4) is 11.1 Å². The monoisotopic (exact) mass is 736 g/mol. The molecule has 0 aliphatic carbocycles. The van der Waals surface area contributed by atoms with Gasteiger partial charge < -0.3 is 31.3 Å². The van der Waals surface area contributed by atoms with Crippen LogP contribution in [-0.4, -0.2) is 61.8 Å². The molecule has 0 radical (unpaired) electrons. The van der Waals surface area contributed by atoms with Crippen LogP contribution in [0.4, 0.5) is 20.2 Å². The molecule has 5 rings (SSSR count). The number of nitrogens with one attached hydrogen (secondary N) is 5. The van der Waals surface area contributed by atoms with E-state index in [0.29, 0.717) is 16.8 Å². The van der Waals surface area contributed by atoms with Crippen LogP contribution >= 0.6 is 23.2 Å². The minimum atomic E-state index is -2.95. The molecule has 15 heteroatoms. The first-order chi connectivity index (χ1) is 24.5. The van der Waals surface area contributed by atoms with E-state index in [-0.39, 0.29) is 33.9 Å². The van der Waals surface area contributed by atoms with Gasteiger partial charge in [0, 0.05) is 17.8 Å². The zero-order valence-electron chi connectivity index (χ0n) is 26.9. The molecule has 0 saturated heterocycles. The molecule has 4 aromatic rings. The van der Waals surface area contributed by atoms with Gasteiger partial charge in [-0.1, -0.05) is 89.9 Å². The summed E-state index contributed by atoms with van der Waals surface area (Å²) in [6.45, 7) is -2.34. The van der Waals surface area contributed by atoms with Crippen molar-refractivity contribution in [2.24, 2.45) is 10.9 Å². The molecule has 0 unspecified atom stereocenters. The normalized spacial score (nSPS) is 13.8. The molecular weight excluding hydrogens is 705 g/mol. The van der Waals surface area contributed by atoms with Gasteiger partial charge in [0.25, 0.3) is 11.8 Å². The second-order valence-electron chi connectivity index (χ2n) is 11.4. The molecule has 0 spiro atoms. The van der Waals surface area contributed by atoms with Gasteiger partial charge in [-0.2, -0.15) is 0 Å². The van der Waals surface area contributed by atoms with Crippen molar-refractivity contribution in [1.29, 1.82) is 0 Å². The average Bonchev–Trinajstić information content (AvgIpc) is 3.13. The number of amides is 3. The van der Waals surface area contributed by atoms with Crippen molar-refractivity contribution in [3.05, 3.63) is 118 Å².